The first-order chi connectivity index (χ1) is 19.9. The summed E-state index contributed by atoms with van der Waals surface area (Å²) in [7, 11) is 0. The van der Waals surface area contributed by atoms with Crippen LogP contribution in [0.1, 0.15) is 50.1 Å². The van der Waals surface area contributed by atoms with E-state index in [1.54, 1.807) is 23.5 Å². The van der Waals surface area contributed by atoms with Crippen LogP contribution in [0.15, 0.2) is 48.3 Å². The van der Waals surface area contributed by atoms with Crippen molar-refractivity contribution in [3.63, 3.8) is 0 Å². The highest BCUT2D eigenvalue weighted by atomic mass is 19.4. The number of aromatic nitrogens is 1. The molecule has 7 rings (SSSR count). The summed E-state index contributed by atoms with van der Waals surface area (Å²) in [5.74, 6) is 0.191. The number of pyridine rings is 1. The number of alkyl halides is 3. The van der Waals surface area contributed by atoms with Crippen LogP contribution >= 0.6 is 0 Å². The molecule has 3 fully saturated rings. The van der Waals surface area contributed by atoms with Crippen LogP contribution in [0.25, 0.3) is 11.1 Å². The molecular formula is C30H35F3N6O2. The first kappa shape index (κ1) is 26.7. The van der Waals surface area contributed by atoms with Crippen LogP contribution in [0.5, 0.6) is 0 Å². The molecule has 2 unspecified atom stereocenters. The molecule has 0 spiro atoms. The second-order valence-corrected chi connectivity index (χ2v) is 11.6. The highest BCUT2D eigenvalue weighted by molar-refractivity contribution is 6.10. The van der Waals surface area contributed by atoms with Crippen LogP contribution < -0.4 is 15.2 Å². The van der Waals surface area contributed by atoms with E-state index in [-0.39, 0.29) is 11.9 Å². The number of anilines is 2. The van der Waals surface area contributed by atoms with E-state index < -0.39 is 24.7 Å². The number of nitrogens with zero attached hydrogens (tertiary/aromatic N) is 5. The third kappa shape index (κ3) is 5.30. The molecule has 41 heavy (non-hydrogen) atoms. The van der Waals surface area contributed by atoms with Gasteiger partial charge in [0, 0.05) is 56.8 Å². The van der Waals surface area contributed by atoms with Crippen LogP contribution in [0.2, 0.25) is 0 Å². The minimum absolute atomic E-state index is 0.254. The lowest BCUT2D eigenvalue weighted by Crippen LogP contribution is -2.46. The van der Waals surface area contributed by atoms with Crippen molar-refractivity contribution in [3.05, 3.63) is 53.9 Å². The zero-order valence-corrected chi connectivity index (χ0v) is 22.9. The van der Waals surface area contributed by atoms with Crippen molar-refractivity contribution in [1.29, 1.82) is 0 Å². The molecule has 2 saturated heterocycles. The van der Waals surface area contributed by atoms with Gasteiger partial charge in [-0.15, -0.1) is 0 Å². The number of ether oxygens (including phenoxy) is 1. The van der Waals surface area contributed by atoms with Crippen molar-refractivity contribution in [2.24, 2.45) is 0 Å². The Morgan fingerprint density at radius 3 is 2.68 bits per heavy atom. The Hall–Kier alpha value is -3.15. The summed E-state index contributed by atoms with van der Waals surface area (Å²) in [5.41, 5.74) is 6.16. The first-order valence-corrected chi connectivity index (χ1v) is 14.7. The van der Waals surface area contributed by atoms with E-state index in [4.69, 9.17) is 9.72 Å². The summed E-state index contributed by atoms with van der Waals surface area (Å²) < 4.78 is 47.3. The summed E-state index contributed by atoms with van der Waals surface area (Å²) in [5, 5.41) is 1.76. The van der Waals surface area contributed by atoms with E-state index in [0.29, 0.717) is 23.8 Å². The molecule has 5 aliphatic rings. The average Bonchev–Trinajstić information content (AvgIpc) is 3.76. The second-order valence-electron chi connectivity index (χ2n) is 11.6. The molecule has 11 heteroatoms. The number of halogens is 3. The third-order valence-electron chi connectivity index (χ3n) is 8.79. The zero-order valence-electron chi connectivity index (χ0n) is 22.9. The van der Waals surface area contributed by atoms with Gasteiger partial charge in [-0.25, -0.2) is 10.4 Å². The minimum Gasteiger partial charge on any atom is -0.357 e. The smallest absolute Gasteiger partial charge is 0.357 e. The Bertz CT molecular complexity index is 1340. The van der Waals surface area contributed by atoms with Gasteiger partial charge in [0.25, 0.3) is 5.91 Å². The number of fused-ring (bicyclic) bond motifs is 3. The maximum atomic E-state index is 13.8. The summed E-state index contributed by atoms with van der Waals surface area (Å²) in [6.07, 6.45) is 4.93. The fraction of sp³-hybridized carbons (Fsp3) is 0.533. The van der Waals surface area contributed by atoms with E-state index in [1.807, 2.05) is 24.3 Å². The van der Waals surface area contributed by atoms with E-state index in [1.165, 1.54) is 12.8 Å². The molecule has 5 heterocycles. The van der Waals surface area contributed by atoms with E-state index in [0.717, 1.165) is 73.7 Å². The SMILES string of the molecule is O=C1C2=CN(C3CCCCO3)NC2c2ccc(-c3cccnc3N3CCCN(C4CC4)CC3)cc2N1CC(F)(F)F. The Kier molecular flexibility index (Phi) is 6.91. The summed E-state index contributed by atoms with van der Waals surface area (Å²) in [4.78, 5) is 24.0. The van der Waals surface area contributed by atoms with Crippen LogP contribution in [0.3, 0.4) is 0 Å². The molecule has 2 atom stereocenters. The maximum Gasteiger partial charge on any atom is 0.406 e. The zero-order chi connectivity index (χ0) is 28.1. The van der Waals surface area contributed by atoms with Gasteiger partial charge >= 0.3 is 6.18 Å². The Balaban J connectivity index is 1.23. The largest absolute Gasteiger partial charge is 0.406 e. The fourth-order valence-electron chi connectivity index (χ4n) is 6.62. The molecule has 0 radical (unpaired) electrons. The normalized spacial score (nSPS) is 25.6. The van der Waals surface area contributed by atoms with Gasteiger partial charge in [0.15, 0.2) is 0 Å². The highest BCUT2D eigenvalue weighted by Crippen LogP contribution is 2.45. The number of hydrogen-bond donors (Lipinski definition) is 1. The molecule has 1 aliphatic carbocycles. The third-order valence-corrected chi connectivity index (χ3v) is 8.79. The van der Waals surface area contributed by atoms with Crippen molar-refractivity contribution in [2.75, 3.05) is 49.1 Å². The van der Waals surface area contributed by atoms with E-state index in [2.05, 4.69) is 15.2 Å². The van der Waals surface area contributed by atoms with Crippen LogP contribution in [0.4, 0.5) is 24.7 Å². The van der Waals surface area contributed by atoms with Crippen molar-refractivity contribution in [2.45, 2.75) is 63.0 Å². The highest BCUT2D eigenvalue weighted by Gasteiger charge is 2.45. The Morgan fingerprint density at radius 1 is 1.02 bits per heavy atom. The topological polar surface area (TPSA) is 64.2 Å². The van der Waals surface area contributed by atoms with Gasteiger partial charge in [-0.1, -0.05) is 12.1 Å². The van der Waals surface area contributed by atoms with Crippen LogP contribution in [-0.4, -0.2) is 78.6 Å². The summed E-state index contributed by atoms with van der Waals surface area (Å²) in [6.45, 7) is 3.04. The predicted molar refractivity (Wildman–Crippen MR) is 149 cm³/mol. The second kappa shape index (κ2) is 10.6. The first-order valence-electron chi connectivity index (χ1n) is 14.7. The number of nitrogens with one attached hydrogen (secondary N) is 1. The van der Waals surface area contributed by atoms with Crippen molar-refractivity contribution in [3.8, 4) is 11.1 Å². The molecule has 1 aromatic carbocycles. The van der Waals surface area contributed by atoms with Crippen LogP contribution in [0, 0.1) is 0 Å². The minimum atomic E-state index is -4.55. The van der Waals surface area contributed by atoms with Crippen molar-refractivity contribution >= 4 is 17.4 Å². The molecular weight excluding hydrogens is 533 g/mol. The molecule has 1 amide bonds. The molecule has 1 saturated carbocycles. The molecule has 1 aromatic heterocycles. The van der Waals surface area contributed by atoms with Gasteiger partial charge in [0.05, 0.1) is 17.3 Å². The lowest BCUT2D eigenvalue weighted by atomic mass is 9.90. The molecule has 8 nitrogen and oxygen atoms in total. The fourth-order valence-corrected chi connectivity index (χ4v) is 6.62. The predicted octanol–water partition coefficient (Wildman–Crippen LogP) is 4.60. The number of amides is 1. The lowest BCUT2D eigenvalue weighted by Gasteiger charge is -2.36. The van der Waals surface area contributed by atoms with Crippen molar-refractivity contribution in [1.82, 2.24) is 20.3 Å². The quantitative estimate of drug-likeness (QED) is 0.566. The molecule has 1 N–H and O–H groups in total. The lowest BCUT2D eigenvalue weighted by molar-refractivity contribution is -0.130. The molecule has 218 valence electrons. The molecule has 0 bridgehead atoms. The number of hydrazine groups is 1. The van der Waals surface area contributed by atoms with Gasteiger partial charge in [0.1, 0.15) is 18.6 Å². The van der Waals surface area contributed by atoms with Gasteiger partial charge in [-0.2, -0.15) is 13.2 Å². The van der Waals surface area contributed by atoms with Crippen molar-refractivity contribution < 1.29 is 22.7 Å². The number of carbonyl (C=O) groups is 1. The Labute approximate surface area is 237 Å². The number of benzene rings is 1. The van der Waals surface area contributed by atoms with E-state index >= 15 is 0 Å². The number of carbonyl (C=O) groups excluding carboxylic acids is 1. The monoisotopic (exact) mass is 568 g/mol. The number of rotatable bonds is 5. The average molecular weight is 569 g/mol. The standard InChI is InChI=1S/C30H35F3N6O2/c31-30(32,33)19-38-25-17-20(22-5-3-11-34-28(22)37-13-4-12-36(14-15-37)21-8-9-21)7-10-23(25)27-24(29(38)40)18-39(35-27)26-6-1-2-16-41-26/h3,5,7,10-11,17-18,21,26-27,35H,1-2,4,6,8-9,12-16,19H2. The van der Waals surface area contributed by atoms with Gasteiger partial charge < -0.3 is 9.64 Å². The molecule has 2 aromatic rings. The molecule has 4 aliphatic heterocycles. The van der Waals surface area contributed by atoms with Crippen LogP contribution in [-0.2, 0) is 9.53 Å². The van der Waals surface area contributed by atoms with Gasteiger partial charge in [-0.3, -0.25) is 19.6 Å². The summed E-state index contributed by atoms with van der Waals surface area (Å²) >= 11 is 0. The Morgan fingerprint density at radius 2 is 1.90 bits per heavy atom. The number of hydrogen-bond acceptors (Lipinski definition) is 7. The van der Waals surface area contributed by atoms with Gasteiger partial charge in [0.2, 0.25) is 0 Å². The van der Waals surface area contributed by atoms with E-state index in [9.17, 15) is 18.0 Å². The van der Waals surface area contributed by atoms with Gasteiger partial charge in [-0.05, 0) is 67.9 Å². The maximum absolute atomic E-state index is 13.8. The summed E-state index contributed by atoms with van der Waals surface area (Å²) in [6, 6.07) is 9.51.